The van der Waals surface area contributed by atoms with E-state index in [1.807, 2.05) is 25.1 Å². The number of halogens is 1. The minimum Gasteiger partial charge on any atom is -0.486 e. The number of ether oxygens (including phenoxy) is 1. The molecular formula is C16H20ClNOS. The summed E-state index contributed by atoms with van der Waals surface area (Å²) in [6.45, 7) is 7.81. The van der Waals surface area contributed by atoms with Crippen LogP contribution in [0.15, 0.2) is 30.3 Å². The third-order valence-corrected chi connectivity index (χ3v) is 4.23. The van der Waals surface area contributed by atoms with Crippen molar-refractivity contribution >= 4 is 22.9 Å². The van der Waals surface area contributed by atoms with Gasteiger partial charge in [-0.2, -0.15) is 0 Å². The zero-order chi connectivity index (χ0) is 14.5. The van der Waals surface area contributed by atoms with Gasteiger partial charge in [0, 0.05) is 22.3 Å². The second-order valence-electron chi connectivity index (χ2n) is 5.13. The van der Waals surface area contributed by atoms with Gasteiger partial charge in [-0.15, -0.1) is 11.3 Å². The first-order chi connectivity index (χ1) is 9.54. The van der Waals surface area contributed by atoms with Crippen LogP contribution in [0.5, 0.6) is 5.75 Å². The van der Waals surface area contributed by atoms with E-state index in [9.17, 15) is 0 Å². The summed E-state index contributed by atoms with van der Waals surface area (Å²) in [5.41, 5.74) is 1.15. The fourth-order valence-corrected chi connectivity index (χ4v) is 2.82. The Hall–Kier alpha value is -1.03. The van der Waals surface area contributed by atoms with Crippen molar-refractivity contribution in [3.8, 4) is 5.75 Å². The Morgan fingerprint density at radius 3 is 2.70 bits per heavy atom. The molecule has 0 atom stereocenters. The van der Waals surface area contributed by atoms with Crippen LogP contribution >= 0.6 is 22.9 Å². The van der Waals surface area contributed by atoms with E-state index in [0.717, 1.165) is 17.9 Å². The summed E-state index contributed by atoms with van der Waals surface area (Å²) in [5, 5.41) is 4.07. The van der Waals surface area contributed by atoms with Gasteiger partial charge in [0.1, 0.15) is 12.4 Å². The number of aryl methyl sites for hydroxylation is 1. The minimum absolute atomic E-state index is 0.503. The molecule has 0 fully saturated rings. The normalized spacial score (nSPS) is 11.1. The second-order valence-corrected chi connectivity index (χ2v) is 6.79. The van der Waals surface area contributed by atoms with E-state index in [2.05, 4.69) is 31.3 Å². The van der Waals surface area contributed by atoms with E-state index >= 15 is 0 Å². The molecule has 2 nitrogen and oxygen atoms in total. The average Bonchev–Trinajstić information content (AvgIpc) is 2.85. The zero-order valence-electron chi connectivity index (χ0n) is 12.1. The molecule has 2 rings (SSSR count). The molecule has 4 heteroatoms. The maximum absolute atomic E-state index is 6.12. The van der Waals surface area contributed by atoms with Gasteiger partial charge >= 0.3 is 0 Å². The number of hydrogen-bond donors (Lipinski definition) is 1. The van der Waals surface area contributed by atoms with Crippen LogP contribution in [0.25, 0.3) is 0 Å². The summed E-state index contributed by atoms with van der Waals surface area (Å²) >= 11 is 7.89. The standard InChI is InChI=1S/C16H20ClNOS/c1-11(2)18-9-13-5-6-14(20-13)10-19-16-8-12(3)4-7-15(16)17/h4-8,11,18H,9-10H2,1-3H3. The third kappa shape index (κ3) is 4.51. The van der Waals surface area contributed by atoms with Gasteiger partial charge in [0.05, 0.1) is 5.02 Å². The summed E-state index contributed by atoms with van der Waals surface area (Å²) in [5.74, 6) is 0.752. The van der Waals surface area contributed by atoms with Gasteiger partial charge in [-0.25, -0.2) is 0 Å². The molecule has 108 valence electrons. The summed E-state index contributed by atoms with van der Waals surface area (Å²) in [6, 6.07) is 10.6. The Kier molecular flexibility index (Phi) is 5.46. The van der Waals surface area contributed by atoms with Crippen molar-refractivity contribution in [1.82, 2.24) is 5.32 Å². The molecule has 0 aliphatic carbocycles. The molecule has 2 aromatic rings. The molecule has 0 aliphatic rings. The van der Waals surface area contributed by atoms with Crippen molar-refractivity contribution in [2.45, 2.75) is 40.0 Å². The molecule has 0 spiro atoms. The highest BCUT2D eigenvalue weighted by atomic mass is 35.5. The van der Waals surface area contributed by atoms with Crippen molar-refractivity contribution in [3.05, 3.63) is 50.7 Å². The van der Waals surface area contributed by atoms with Crippen molar-refractivity contribution in [2.24, 2.45) is 0 Å². The van der Waals surface area contributed by atoms with Gasteiger partial charge in [0.15, 0.2) is 0 Å². The first kappa shape index (κ1) is 15.4. The van der Waals surface area contributed by atoms with Crippen LogP contribution in [-0.4, -0.2) is 6.04 Å². The maximum atomic E-state index is 6.12. The molecular weight excluding hydrogens is 290 g/mol. The van der Waals surface area contributed by atoms with Crippen LogP contribution in [0, 0.1) is 6.92 Å². The number of thiophene rings is 1. The molecule has 1 aromatic carbocycles. The molecule has 0 saturated carbocycles. The van der Waals surface area contributed by atoms with Crippen molar-refractivity contribution in [3.63, 3.8) is 0 Å². The van der Waals surface area contributed by atoms with Crippen LogP contribution in [0.2, 0.25) is 5.02 Å². The molecule has 0 unspecified atom stereocenters. The van der Waals surface area contributed by atoms with E-state index in [1.165, 1.54) is 9.75 Å². The van der Waals surface area contributed by atoms with Crippen molar-refractivity contribution in [2.75, 3.05) is 0 Å². The van der Waals surface area contributed by atoms with Gasteiger partial charge in [-0.1, -0.05) is 31.5 Å². The first-order valence-electron chi connectivity index (χ1n) is 6.74. The maximum Gasteiger partial charge on any atom is 0.138 e. The number of nitrogens with one attached hydrogen (secondary N) is 1. The monoisotopic (exact) mass is 309 g/mol. The summed E-state index contributed by atoms with van der Waals surface area (Å²) in [4.78, 5) is 2.54. The Balaban J connectivity index is 1.92. The fourth-order valence-electron chi connectivity index (χ4n) is 1.77. The van der Waals surface area contributed by atoms with E-state index in [1.54, 1.807) is 11.3 Å². The first-order valence-corrected chi connectivity index (χ1v) is 7.94. The summed E-state index contributed by atoms with van der Waals surface area (Å²) in [6.07, 6.45) is 0. The SMILES string of the molecule is Cc1ccc(Cl)c(OCc2ccc(CNC(C)C)s2)c1. The molecule has 0 bridgehead atoms. The molecule has 1 heterocycles. The van der Waals surface area contributed by atoms with E-state index in [4.69, 9.17) is 16.3 Å². The van der Waals surface area contributed by atoms with Crippen LogP contribution in [0.1, 0.15) is 29.2 Å². The highest BCUT2D eigenvalue weighted by molar-refractivity contribution is 7.11. The van der Waals surface area contributed by atoms with E-state index < -0.39 is 0 Å². The fraction of sp³-hybridized carbons (Fsp3) is 0.375. The summed E-state index contributed by atoms with van der Waals surface area (Å²) in [7, 11) is 0. The van der Waals surface area contributed by atoms with Crippen LogP contribution in [0.3, 0.4) is 0 Å². The predicted molar refractivity (Wildman–Crippen MR) is 86.8 cm³/mol. The highest BCUT2D eigenvalue weighted by Gasteiger charge is 2.05. The lowest BCUT2D eigenvalue weighted by atomic mass is 10.2. The average molecular weight is 310 g/mol. The highest BCUT2D eigenvalue weighted by Crippen LogP contribution is 2.27. The Labute approximate surface area is 129 Å². The Bertz CT molecular complexity index is 565. The quantitative estimate of drug-likeness (QED) is 0.828. The van der Waals surface area contributed by atoms with Gasteiger partial charge in [-0.3, -0.25) is 0 Å². The lowest BCUT2D eigenvalue weighted by Gasteiger charge is -2.08. The van der Waals surface area contributed by atoms with Crippen LogP contribution < -0.4 is 10.1 Å². The lowest BCUT2D eigenvalue weighted by molar-refractivity contribution is 0.310. The Morgan fingerprint density at radius 1 is 1.20 bits per heavy atom. The third-order valence-electron chi connectivity index (χ3n) is 2.86. The van der Waals surface area contributed by atoms with Gasteiger partial charge in [0.25, 0.3) is 0 Å². The molecule has 0 amide bonds. The van der Waals surface area contributed by atoms with Crippen molar-refractivity contribution in [1.29, 1.82) is 0 Å². The second kappa shape index (κ2) is 7.11. The number of rotatable bonds is 6. The van der Waals surface area contributed by atoms with E-state index in [0.29, 0.717) is 17.7 Å². The van der Waals surface area contributed by atoms with Gasteiger partial charge in [0.2, 0.25) is 0 Å². The largest absolute Gasteiger partial charge is 0.486 e. The molecule has 20 heavy (non-hydrogen) atoms. The van der Waals surface area contributed by atoms with Gasteiger partial charge < -0.3 is 10.1 Å². The Morgan fingerprint density at radius 2 is 1.95 bits per heavy atom. The van der Waals surface area contributed by atoms with E-state index in [-0.39, 0.29) is 0 Å². The number of benzene rings is 1. The lowest BCUT2D eigenvalue weighted by Crippen LogP contribution is -2.21. The molecule has 0 aliphatic heterocycles. The molecule has 0 radical (unpaired) electrons. The minimum atomic E-state index is 0.503. The molecule has 1 aromatic heterocycles. The predicted octanol–water partition coefficient (Wildman–Crippen LogP) is 4.79. The molecule has 0 saturated heterocycles. The van der Waals surface area contributed by atoms with Crippen LogP contribution in [0.4, 0.5) is 0 Å². The summed E-state index contributed by atoms with van der Waals surface area (Å²) < 4.78 is 5.80. The van der Waals surface area contributed by atoms with Gasteiger partial charge in [-0.05, 0) is 36.8 Å². The van der Waals surface area contributed by atoms with Crippen molar-refractivity contribution < 1.29 is 4.74 Å². The zero-order valence-corrected chi connectivity index (χ0v) is 13.6. The molecule has 1 N–H and O–H groups in total. The van der Waals surface area contributed by atoms with Crippen LogP contribution in [-0.2, 0) is 13.2 Å². The number of hydrogen-bond acceptors (Lipinski definition) is 3. The smallest absolute Gasteiger partial charge is 0.138 e. The topological polar surface area (TPSA) is 21.3 Å².